The summed E-state index contributed by atoms with van der Waals surface area (Å²) in [7, 11) is -3.81. The predicted octanol–water partition coefficient (Wildman–Crippen LogP) is -1.22. The van der Waals surface area contributed by atoms with Gasteiger partial charge in [0.1, 0.15) is 11.3 Å². The Morgan fingerprint density at radius 2 is 2.22 bits per heavy atom. The van der Waals surface area contributed by atoms with Gasteiger partial charge in [-0.1, -0.05) is 19.1 Å². The smallest absolute Gasteiger partial charge is 0.244 e. The summed E-state index contributed by atoms with van der Waals surface area (Å²) >= 11 is 4.68. The molecule has 4 N–H and O–H groups in total. The highest BCUT2D eigenvalue weighted by molar-refractivity contribution is 7.93. The molecule has 102 valence electrons. The van der Waals surface area contributed by atoms with E-state index in [9.17, 15) is 18.0 Å². The summed E-state index contributed by atoms with van der Waals surface area (Å²) in [4.78, 5) is 22.2. The SMILES string of the molecule is CCC(C(N)=S)S(=O)(=O)NC1CCC(=O)NC1=O. The van der Waals surface area contributed by atoms with Crippen molar-refractivity contribution in [1.82, 2.24) is 10.0 Å². The lowest BCUT2D eigenvalue weighted by Gasteiger charge is -2.24. The van der Waals surface area contributed by atoms with E-state index in [1.54, 1.807) is 6.92 Å². The van der Waals surface area contributed by atoms with Gasteiger partial charge in [0.2, 0.25) is 21.8 Å². The van der Waals surface area contributed by atoms with E-state index in [0.717, 1.165) is 0 Å². The first-order chi connectivity index (χ1) is 8.27. The molecule has 7 nitrogen and oxygen atoms in total. The fourth-order valence-corrected chi connectivity index (χ4v) is 3.74. The van der Waals surface area contributed by atoms with Crippen LogP contribution >= 0.6 is 12.2 Å². The van der Waals surface area contributed by atoms with E-state index in [2.05, 4.69) is 22.3 Å². The third-order valence-corrected chi connectivity index (χ3v) is 4.99. The van der Waals surface area contributed by atoms with Crippen LogP contribution in [0.5, 0.6) is 0 Å². The lowest BCUT2D eigenvalue weighted by atomic mass is 10.1. The van der Waals surface area contributed by atoms with Gasteiger partial charge in [-0.2, -0.15) is 0 Å². The number of thiocarbonyl (C=S) groups is 1. The maximum Gasteiger partial charge on any atom is 0.244 e. The molecule has 1 saturated heterocycles. The first-order valence-corrected chi connectivity index (χ1v) is 7.37. The Morgan fingerprint density at radius 1 is 1.61 bits per heavy atom. The molecule has 1 fully saturated rings. The van der Waals surface area contributed by atoms with Gasteiger partial charge >= 0.3 is 0 Å². The summed E-state index contributed by atoms with van der Waals surface area (Å²) in [6.07, 6.45) is 0.457. The number of piperidine rings is 1. The van der Waals surface area contributed by atoms with Gasteiger partial charge in [0.25, 0.3) is 0 Å². The quantitative estimate of drug-likeness (QED) is 0.432. The summed E-state index contributed by atoms with van der Waals surface area (Å²) in [5.74, 6) is -1.05. The number of amides is 2. The number of hydrogen-bond acceptors (Lipinski definition) is 5. The van der Waals surface area contributed by atoms with Crippen LogP contribution in [0, 0.1) is 0 Å². The van der Waals surface area contributed by atoms with E-state index in [1.807, 2.05) is 0 Å². The molecule has 0 aromatic rings. The zero-order valence-electron chi connectivity index (χ0n) is 9.80. The van der Waals surface area contributed by atoms with Gasteiger partial charge in [-0.05, 0) is 12.8 Å². The highest BCUT2D eigenvalue weighted by Gasteiger charge is 2.34. The molecule has 0 bridgehead atoms. The van der Waals surface area contributed by atoms with Crippen molar-refractivity contribution in [3.8, 4) is 0 Å². The van der Waals surface area contributed by atoms with E-state index in [-0.39, 0.29) is 24.3 Å². The van der Waals surface area contributed by atoms with Crippen LogP contribution in [0.1, 0.15) is 26.2 Å². The minimum Gasteiger partial charge on any atom is -0.392 e. The van der Waals surface area contributed by atoms with Crippen LogP contribution in [0.2, 0.25) is 0 Å². The summed E-state index contributed by atoms with van der Waals surface area (Å²) < 4.78 is 26.1. The van der Waals surface area contributed by atoms with Crippen molar-refractivity contribution in [2.75, 3.05) is 0 Å². The van der Waals surface area contributed by atoms with Crippen molar-refractivity contribution in [2.45, 2.75) is 37.5 Å². The van der Waals surface area contributed by atoms with Crippen LogP contribution < -0.4 is 15.8 Å². The second kappa shape index (κ2) is 5.72. The van der Waals surface area contributed by atoms with Crippen LogP contribution in [0.25, 0.3) is 0 Å². The highest BCUT2D eigenvalue weighted by atomic mass is 32.2. The number of hydrogen-bond donors (Lipinski definition) is 3. The standard InChI is InChI=1S/C9H15N3O4S2/c1-2-6(8(10)17)18(15,16)12-5-3-4-7(13)11-9(5)14/h5-6,12H,2-4H2,1H3,(H2,10,17)(H,11,13,14). The van der Waals surface area contributed by atoms with Gasteiger partial charge in [0.15, 0.2) is 0 Å². The normalized spacial score (nSPS) is 22.4. The molecule has 2 unspecified atom stereocenters. The van der Waals surface area contributed by atoms with Crippen LogP contribution in [-0.4, -0.2) is 36.5 Å². The zero-order valence-corrected chi connectivity index (χ0v) is 11.4. The number of carbonyl (C=O) groups is 2. The van der Waals surface area contributed by atoms with Gasteiger partial charge in [0, 0.05) is 6.42 Å². The maximum absolute atomic E-state index is 12.0. The molecule has 18 heavy (non-hydrogen) atoms. The Bertz CT molecular complexity index is 474. The van der Waals surface area contributed by atoms with Crippen LogP contribution in [-0.2, 0) is 19.6 Å². The molecule has 1 aliphatic heterocycles. The van der Waals surface area contributed by atoms with Crippen molar-refractivity contribution in [3.05, 3.63) is 0 Å². The molecule has 9 heteroatoms. The number of nitrogens with two attached hydrogens (primary N) is 1. The lowest BCUT2D eigenvalue weighted by Crippen LogP contribution is -2.55. The number of carbonyl (C=O) groups excluding carboxylic acids is 2. The van der Waals surface area contributed by atoms with Gasteiger partial charge < -0.3 is 5.73 Å². The Labute approximate surface area is 111 Å². The van der Waals surface area contributed by atoms with E-state index in [1.165, 1.54) is 0 Å². The largest absolute Gasteiger partial charge is 0.392 e. The van der Waals surface area contributed by atoms with Gasteiger partial charge in [0.05, 0.1) is 4.99 Å². The van der Waals surface area contributed by atoms with E-state index in [0.29, 0.717) is 0 Å². The third-order valence-electron chi connectivity index (χ3n) is 2.61. The molecule has 1 aliphatic rings. The fraction of sp³-hybridized carbons (Fsp3) is 0.667. The van der Waals surface area contributed by atoms with E-state index in [4.69, 9.17) is 5.73 Å². The molecule has 0 aromatic heterocycles. The van der Waals surface area contributed by atoms with Crippen LogP contribution in [0.15, 0.2) is 0 Å². The first kappa shape index (κ1) is 15.0. The Kier molecular flexibility index (Phi) is 4.77. The molecule has 0 aliphatic carbocycles. The Hall–Kier alpha value is -1.06. The molecule has 1 heterocycles. The molecule has 0 radical (unpaired) electrons. The van der Waals surface area contributed by atoms with Crippen molar-refractivity contribution >= 4 is 39.0 Å². The van der Waals surface area contributed by atoms with Crippen molar-refractivity contribution in [1.29, 1.82) is 0 Å². The van der Waals surface area contributed by atoms with Crippen molar-refractivity contribution in [3.63, 3.8) is 0 Å². The second-order valence-corrected chi connectivity index (χ2v) is 6.33. The maximum atomic E-state index is 12.0. The Balaban J connectivity index is 2.80. The van der Waals surface area contributed by atoms with Gasteiger partial charge in [-0.15, -0.1) is 0 Å². The first-order valence-electron chi connectivity index (χ1n) is 5.42. The molecule has 0 aromatic carbocycles. The number of sulfonamides is 1. The van der Waals surface area contributed by atoms with Gasteiger partial charge in [-0.3, -0.25) is 14.9 Å². The van der Waals surface area contributed by atoms with Crippen LogP contribution in [0.3, 0.4) is 0 Å². The second-order valence-electron chi connectivity index (χ2n) is 3.97. The monoisotopic (exact) mass is 293 g/mol. The van der Waals surface area contributed by atoms with Crippen molar-refractivity contribution in [2.24, 2.45) is 5.73 Å². The lowest BCUT2D eigenvalue weighted by molar-refractivity contribution is -0.134. The molecular formula is C9H15N3O4S2. The average Bonchev–Trinajstić information content (AvgIpc) is 2.22. The summed E-state index contributed by atoms with van der Waals surface area (Å²) in [6, 6.07) is -0.948. The molecule has 2 amide bonds. The zero-order chi connectivity index (χ0) is 13.9. The van der Waals surface area contributed by atoms with E-state index >= 15 is 0 Å². The molecule has 0 spiro atoms. The summed E-state index contributed by atoms with van der Waals surface area (Å²) in [5.41, 5.74) is 5.35. The van der Waals surface area contributed by atoms with Crippen molar-refractivity contribution < 1.29 is 18.0 Å². The highest BCUT2D eigenvalue weighted by Crippen LogP contribution is 2.10. The average molecular weight is 293 g/mol. The number of imide groups is 1. The molecule has 1 rings (SSSR count). The summed E-state index contributed by atoms with van der Waals surface area (Å²) in [5, 5.41) is 1.05. The van der Waals surface area contributed by atoms with E-state index < -0.39 is 33.1 Å². The van der Waals surface area contributed by atoms with Crippen LogP contribution in [0.4, 0.5) is 0 Å². The fourth-order valence-electron chi connectivity index (χ4n) is 1.66. The van der Waals surface area contributed by atoms with Gasteiger partial charge in [-0.25, -0.2) is 13.1 Å². The molecular weight excluding hydrogens is 278 g/mol. The molecule has 0 saturated carbocycles. The Morgan fingerprint density at radius 3 is 2.67 bits per heavy atom. The third kappa shape index (κ3) is 3.47. The summed E-state index contributed by atoms with van der Waals surface area (Å²) in [6.45, 7) is 1.63. The minimum atomic E-state index is -3.81. The minimum absolute atomic E-state index is 0.1000. The number of nitrogens with one attached hydrogen (secondary N) is 2. The topological polar surface area (TPSA) is 118 Å². The predicted molar refractivity (Wildman–Crippen MR) is 69.1 cm³/mol. The molecule has 2 atom stereocenters. The number of rotatable bonds is 5.